The van der Waals surface area contributed by atoms with Crippen molar-refractivity contribution in [1.29, 1.82) is 0 Å². The summed E-state index contributed by atoms with van der Waals surface area (Å²) in [4.78, 5) is 41.1. The van der Waals surface area contributed by atoms with E-state index in [1.54, 1.807) is 17.2 Å². The molecule has 1 spiro atoms. The second-order valence-electron chi connectivity index (χ2n) is 7.22. The van der Waals surface area contributed by atoms with E-state index in [-0.39, 0.29) is 24.0 Å². The Morgan fingerprint density at radius 2 is 1.94 bits per heavy atom. The lowest BCUT2D eigenvalue weighted by atomic mass is 9.89. The zero-order valence-corrected chi connectivity index (χ0v) is 16.8. The van der Waals surface area contributed by atoms with E-state index in [0.717, 1.165) is 18.5 Å². The number of carbonyl (C=O) groups excluding carboxylic acids is 2. The first-order valence-electron chi connectivity index (χ1n) is 9.57. The molecule has 2 fully saturated rings. The highest BCUT2D eigenvalue weighted by Gasteiger charge is 2.42. The lowest BCUT2D eigenvalue weighted by Gasteiger charge is -2.46. The number of carboxylic acids is 1. The van der Waals surface area contributed by atoms with Gasteiger partial charge in [0, 0.05) is 31.5 Å². The first-order valence-corrected chi connectivity index (χ1v) is 9.57. The van der Waals surface area contributed by atoms with Gasteiger partial charge in [0.25, 0.3) is 0 Å². The fourth-order valence-electron chi connectivity index (χ4n) is 3.35. The van der Waals surface area contributed by atoms with Crippen molar-refractivity contribution >= 4 is 17.8 Å². The Kier molecular flexibility index (Phi) is 8.14. The second kappa shape index (κ2) is 10.4. The van der Waals surface area contributed by atoms with Gasteiger partial charge in [-0.25, -0.2) is 4.79 Å². The van der Waals surface area contributed by atoms with Gasteiger partial charge in [0.15, 0.2) is 0 Å². The molecular weight excluding hydrogens is 419 g/mol. The number of rotatable bonds is 4. The largest absolute Gasteiger partial charge is 0.490 e. The molecule has 2 aliphatic heterocycles. The minimum atomic E-state index is -5.08. The highest BCUT2D eigenvalue weighted by molar-refractivity contribution is 5.79. The molecule has 0 bridgehead atoms. The molecule has 8 nitrogen and oxygen atoms in total. The molecule has 1 N–H and O–H groups in total. The quantitative estimate of drug-likeness (QED) is 0.711. The van der Waals surface area contributed by atoms with E-state index in [1.165, 1.54) is 0 Å². The van der Waals surface area contributed by atoms with Gasteiger partial charge < -0.3 is 19.6 Å². The number of carboxylic acid groups (broad SMARTS) is 1. The summed E-state index contributed by atoms with van der Waals surface area (Å²) in [6, 6.07) is 5.60. The van der Waals surface area contributed by atoms with Crippen LogP contribution in [0.2, 0.25) is 0 Å². The lowest BCUT2D eigenvalue weighted by molar-refractivity contribution is -0.192. The number of morpholine rings is 1. The molecule has 31 heavy (non-hydrogen) atoms. The standard InChI is InChI=1S/C18H23N3O3.C2HF3O2/c1-2-9-21-14-18(24-13-17(21)23)6-10-20(11-7-18)16(22)12-15-5-3-4-8-19-15;3-2(4,5)1(6)7/h2-5,8H,1,6-7,9-14H2;(H,6,7). The summed E-state index contributed by atoms with van der Waals surface area (Å²) in [5.41, 5.74) is 0.470. The first-order chi connectivity index (χ1) is 14.6. The molecule has 0 radical (unpaired) electrons. The monoisotopic (exact) mass is 443 g/mol. The van der Waals surface area contributed by atoms with E-state index in [9.17, 15) is 22.8 Å². The molecule has 11 heteroatoms. The van der Waals surface area contributed by atoms with Gasteiger partial charge in [-0.05, 0) is 25.0 Å². The van der Waals surface area contributed by atoms with Crippen molar-refractivity contribution in [2.75, 3.05) is 32.8 Å². The number of nitrogens with zero attached hydrogens (tertiary/aromatic N) is 3. The number of carbonyl (C=O) groups is 3. The fourth-order valence-corrected chi connectivity index (χ4v) is 3.35. The molecule has 3 rings (SSSR count). The molecule has 2 aliphatic rings. The van der Waals surface area contributed by atoms with Crippen molar-refractivity contribution in [3.8, 4) is 0 Å². The molecule has 1 aromatic rings. The SMILES string of the molecule is C=CCN1CC2(CCN(C(=O)Cc3ccccn3)CC2)OCC1=O.O=C(O)C(F)(F)F. The molecule has 0 aromatic carbocycles. The van der Waals surface area contributed by atoms with Gasteiger partial charge >= 0.3 is 12.1 Å². The fraction of sp³-hybridized carbons (Fsp3) is 0.500. The number of piperidine rings is 1. The average Bonchev–Trinajstić information content (AvgIpc) is 2.72. The number of likely N-dealkylation sites (tertiary alicyclic amines) is 1. The predicted molar refractivity (Wildman–Crippen MR) is 103 cm³/mol. The zero-order valence-electron chi connectivity index (χ0n) is 16.8. The van der Waals surface area contributed by atoms with Crippen molar-refractivity contribution in [1.82, 2.24) is 14.8 Å². The maximum Gasteiger partial charge on any atom is 0.490 e. The van der Waals surface area contributed by atoms with Crippen LogP contribution < -0.4 is 0 Å². The molecule has 2 saturated heterocycles. The topological polar surface area (TPSA) is 100 Å². The molecule has 2 amide bonds. The molecule has 170 valence electrons. The normalized spacial score (nSPS) is 18.2. The smallest absolute Gasteiger partial charge is 0.475 e. The number of aliphatic carboxylic acids is 1. The number of alkyl halides is 3. The van der Waals surface area contributed by atoms with Crippen molar-refractivity contribution in [3.63, 3.8) is 0 Å². The van der Waals surface area contributed by atoms with Crippen molar-refractivity contribution in [2.45, 2.75) is 31.0 Å². The van der Waals surface area contributed by atoms with Gasteiger partial charge in [0.05, 0.1) is 18.6 Å². The molecule has 3 heterocycles. The number of pyridine rings is 1. The number of amides is 2. The van der Waals surface area contributed by atoms with Crippen LogP contribution in [0.3, 0.4) is 0 Å². The summed E-state index contributed by atoms with van der Waals surface area (Å²) in [5.74, 6) is -2.65. The van der Waals surface area contributed by atoms with Crippen LogP contribution in [0, 0.1) is 0 Å². The Morgan fingerprint density at radius 1 is 1.29 bits per heavy atom. The summed E-state index contributed by atoms with van der Waals surface area (Å²) in [6.45, 7) is 6.27. The van der Waals surface area contributed by atoms with Crippen LogP contribution in [-0.2, 0) is 25.5 Å². The third kappa shape index (κ3) is 7.06. The van der Waals surface area contributed by atoms with Gasteiger partial charge in [-0.2, -0.15) is 13.2 Å². The predicted octanol–water partition coefficient (Wildman–Crippen LogP) is 1.66. The number of hydrogen-bond acceptors (Lipinski definition) is 5. The molecule has 1 aromatic heterocycles. The van der Waals surface area contributed by atoms with Crippen LogP contribution in [0.5, 0.6) is 0 Å². The molecule has 0 aliphatic carbocycles. The lowest BCUT2D eigenvalue weighted by Crippen LogP contribution is -2.59. The minimum Gasteiger partial charge on any atom is -0.475 e. The number of halogens is 3. The highest BCUT2D eigenvalue weighted by Crippen LogP contribution is 2.30. The maximum atomic E-state index is 12.4. The average molecular weight is 443 g/mol. The number of ether oxygens (including phenoxy) is 1. The van der Waals surface area contributed by atoms with Gasteiger partial charge in [0.2, 0.25) is 11.8 Å². The summed E-state index contributed by atoms with van der Waals surface area (Å²) in [6.07, 6.45) is 0.191. The Hall–Kier alpha value is -2.95. The zero-order chi connectivity index (χ0) is 23.1. The second-order valence-corrected chi connectivity index (χ2v) is 7.22. The van der Waals surface area contributed by atoms with E-state index >= 15 is 0 Å². The van der Waals surface area contributed by atoms with Crippen LogP contribution in [0.4, 0.5) is 13.2 Å². The van der Waals surface area contributed by atoms with Gasteiger partial charge in [-0.1, -0.05) is 12.1 Å². The van der Waals surface area contributed by atoms with Crippen LogP contribution in [0.25, 0.3) is 0 Å². The Balaban J connectivity index is 0.000000423. The molecular formula is C20H24F3N3O5. The highest BCUT2D eigenvalue weighted by atomic mass is 19.4. The van der Waals surface area contributed by atoms with Crippen molar-refractivity contribution in [2.24, 2.45) is 0 Å². The summed E-state index contributed by atoms with van der Waals surface area (Å²) in [7, 11) is 0. The Morgan fingerprint density at radius 3 is 2.45 bits per heavy atom. The Labute approximate surface area is 177 Å². The van der Waals surface area contributed by atoms with Crippen LogP contribution in [0.15, 0.2) is 37.1 Å². The van der Waals surface area contributed by atoms with Gasteiger partial charge in [0.1, 0.15) is 6.61 Å². The van der Waals surface area contributed by atoms with Crippen molar-refractivity contribution in [3.05, 3.63) is 42.7 Å². The third-order valence-corrected chi connectivity index (χ3v) is 5.01. The summed E-state index contributed by atoms with van der Waals surface area (Å²) in [5, 5.41) is 7.12. The van der Waals surface area contributed by atoms with E-state index in [4.69, 9.17) is 14.6 Å². The van der Waals surface area contributed by atoms with E-state index in [2.05, 4.69) is 11.6 Å². The van der Waals surface area contributed by atoms with Crippen LogP contribution >= 0.6 is 0 Å². The number of hydrogen-bond donors (Lipinski definition) is 1. The minimum absolute atomic E-state index is 0.00850. The van der Waals surface area contributed by atoms with Crippen LogP contribution in [0.1, 0.15) is 18.5 Å². The third-order valence-electron chi connectivity index (χ3n) is 5.01. The van der Waals surface area contributed by atoms with Crippen LogP contribution in [-0.4, -0.2) is 82.2 Å². The van der Waals surface area contributed by atoms with E-state index in [0.29, 0.717) is 32.6 Å². The van der Waals surface area contributed by atoms with Gasteiger partial charge in [-0.15, -0.1) is 6.58 Å². The van der Waals surface area contributed by atoms with Crippen molar-refractivity contribution < 1.29 is 37.4 Å². The summed E-state index contributed by atoms with van der Waals surface area (Å²) < 4.78 is 37.6. The summed E-state index contributed by atoms with van der Waals surface area (Å²) >= 11 is 0. The number of aromatic nitrogens is 1. The molecule has 0 atom stereocenters. The molecule has 0 unspecified atom stereocenters. The Bertz CT molecular complexity index is 793. The maximum absolute atomic E-state index is 12.4. The first kappa shape index (κ1) is 24.3. The van der Waals surface area contributed by atoms with Gasteiger partial charge in [-0.3, -0.25) is 14.6 Å². The van der Waals surface area contributed by atoms with E-state index in [1.807, 2.05) is 23.1 Å². The van der Waals surface area contributed by atoms with E-state index < -0.39 is 12.1 Å². The molecule has 0 saturated carbocycles.